The Balaban J connectivity index is 3.36. The molecule has 0 unspecified atom stereocenters. The zero-order valence-electron chi connectivity index (χ0n) is 8.52. The van der Waals surface area contributed by atoms with E-state index in [4.69, 9.17) is 10.5 Å². The second-order valence-corrected chi connectivity index (χ2v) is 3.00. The molecule has 0 saturated carbocycles. The van der Waals surface area contributed by atoms with Gasteiger partial charge in [0, 0.05) is 0 Å². The number of carbonyl (C=O) groups excluding carboxylic acids is 1. The van der Waals surface area contributed by atoms with Gasteiger partial charge in [0.1, 0.15) is 23.7 Å². The third-order valence-electron chi connectivity index (χ3n) is 1.88. The quantitative estimate of drug-likeness (QED) is 0.649. The molecule has 0 bridgehead atoms. The largest absolute Gasteiger partial charge is 0.320 e. The van der Waals surface area contributed by atoms with Gasteiger partial charge in [-0.2, -0.15) is 10.5 Å². The predicted molar refractivity (Wildman–Crippen MR) is 49.8 cm³/mol. The monoisotopic (exact) mass is 257 g/mol. The third kappa shape index (κ3) is 2.23. The Kier molecular flexibility index (Phi) is 3.85. The topological polar surface area (TPSA) is 76.7 Å². The van der Waals surface area contributed by atoms with Gasteiger partial charge in [-0.05, 0) is 0 Å². The average molecular weight is 257 g/mol. The van der Waals surface area contributed by atoms with Gasteiger partial charge in [-0.3, -0.25) is 4.79 Å². The highest BCUT2D eigenvalue weighted by Gasteiger charge is 2.26. The van der Waals surface area contributed by atoms with E-state index < -0.39 is 46.8 Å². The molecule has 1 aromatic carbocycles. The summed E-state index contributed by atoms with van der Waals surface area (Å²) >= 11 is 0. The van der Waals surface area contributed by atoms with Crippen LogP contribution in [-0.2, 0) is 4.79 Å². The van der Waals surface area contributed by atoms with Crippen molar-refractivity contribution in [3.8, 4) is 12.1 Å². The fourth-order valence-corrected chi connectivity index (χ4v) is 1.10. The number of nitrogens with one attached hydrogen (secondary N) is 1. The van der Waals surface area contributed by atoms with Crippen molar-refractivity contribution in [1.29, 1.82) is 10.5 Å². The van der Waals surface area contributed by atoms with Crippen LogP contribution in [0.25, 0.3) is 0 Å². The molecule has 1 rings (SSSR count). The van der Waals surface area contributed by atoms with Crippen molar-refractivity contribution in [3.05, 3.63) is 28.8 Å². The van der Waals surface area contributed by atoms with Crippen LogP contribution in [0.4, 0.5) is 23.2 Å². The Morgan fingerprint density at radius 2 is 1.56 bits per heavy atom. The summed E-state index contributed by atoms with van der Waals surface area (Å²) in [6.07, 6.45) is -0.748. The zero-order chi connectivity index (χ0) is 13.9. The number of anilines is 1. The van der Waals surface area contributed by atoms with Crippen LogP contribution in [-0.4, -0.2) is 5.91 Å². The smallest absolute Gasteiger partial charge is 0.238 e. The standard InChI is InChI=1S/C10H3F4N3O/c11-6-4(3-16)7(12)9(14)10(8(6)13)17-5(18)1-2-15/h1H2,(H,17,18). The summed E-state index contributed by atoms with van der Waals surface area (Å²) in [5.74, 6) is -8.78. The molecule has 1 aromatic rings. The van der Waals surface area contributed by atoms with Crippen LogP contribution in [0.15, 0.2) is 0 Å². The van der Waals surface area contributed by atoms with Gasteiger partial charge in [0.2, 0.25) is 5.91 Å². The molecule has 4 nitrogen and oxygen atoms in total. The number of rotatable bonds is 2. The summed E-state index contributed by atoms with van der Waals surface area (Å²) in [5.41, 5.74) is -2.80. The van der Waals surface area contributed by atoms with Crippen molar-refractivity contribution in [2.45, 2.75) is 6.42 Å². The van der Waals surface area contributed by atoms with Crippen molar-refractivity contribution in [3.63, 3.8) is 0 Å². The predicted octanol–water partition coefficient (Wildman–Crippen LogP) is 1.97. The molecule has 0 aliphatic carbocycles. The Bertz CT molecular complexity index is 572. The summed E-state index contributed by atoms with van der Waals surface area (Å²) < 4.78 is 52.8. The van der Waals surface area contributed by atoms with Crippen LogP contribution >= 0.6 is 0 Å². The van der Waals surface area contributed by atoms with Gasteiger partial charge in [0.25, 0.3) is 0 Å². The summed E-state index contributed by atoms with van der Waals surface area (Å²) in [6.45, 7) is 0. The first kappa shape index (κ1) is 13.5. The number of benzene rings is 1. The van der Waals surface area contributed by atoms with E-state index in [1.165, 1.54) is 11.4 Å². The van der Waals surface area contributed by atoms with Gasteiger partial charge in [0.15, 0.2) is 23.3 Å². The van der Waals surface area contributed by atoms with E-state index in [0.29, 0.717) is 0 Å². The normalized spacial score (nSPS) is 9.44. The lowest BCUT2D eigenvalue weighted by Gasteiger charge is -2.08. The maximum Gasteiger partial charge on any atom is 0.238 e. The highest BCUT2D eigenvalue weighted by atomic mass is 19.2. The molecule has 92 valence electrons. The average Bonchev–Trinajstić information content (AvgIpc) is 2.33. The van der Waals surface area contributed by atoms with Gasteiger partial charge < -0.3 is 5.32 Å². The second-order valence-electron chi connectivity index (χ2n) is 3.00. The molecule has 0 aliphatic rings. The first-order chi connectivity index (χ1) is 8.43. The molecule has 0 fully saturated rings. The van der Waals surface area contributed by atoms with E-state index in [9.17, 15) is 22.4 Å². The summed E-state index contributed by atoms with van der Waals surface area (Å²) in [5, 5.41) is 18.0. The van der Waals surface area contributed by atoms with Crippen LogP contribution in [0.2, 0.25) is 0 Å². The van der Waals surface area contributed by atoms with E-state index in [2.05, 4.69) is 0 Å². The Morgan fingerprint density at radius 3 is 1.94 bits per heavy atom. The SMILES string of the molecule is N#CCC(=O)Nc1c(F)c(F)c(C#N)c(F)c1F. The van der Waals surface area contributed by atoms with E-state index in [-0.39, 0.29) is 0 Å². The number of carbonyl (C=O) groups is 1. The van der Waals surface area contributed by atoms with Gasteiger partial charge >= 0.3 is 0 Å². The van der Waals surface area contributed by atoms with Gasteiger partial charge in [-0.1, -0.05) is 0 Å². The van der Waals surface area contributed by atoms with Crippen LogP contribution in [0, 0.1) is 45.9 Å². The number of hydrogen-bond donors (Lipinski definition) is 1. The Morgan fingerprint density at radius 1 is 1.06 bits per heavy atom. The minimum atomic E-state index is -1.91. The van der Waals surface area contributed by atoms with Crippen molar-refractivity contribution in [2.75, 3.05) is 5.32 Å². The highest BCUT2D eigenvalue weighted by Crippen LogP contribution is 2.27. The summed E-state index contributed by atoms with van der Waals surface area (Å²) in [6, 6.07) is 2.34. The van der Waals surface area contributed by atoms with Crippen molar-refractivity contribution in [2.24, 2.45) is 0 Å². The van der Waals surface area contributed by atoms with Gasteiger partial charge in [-0.15, -0.1) is 0 Å². The first-order valence-electron chi connectivity index (χ1n) is 4.36. The van der Waals surface area contributed by atoms with Crippen molar-refractivity contribution in [1.82, 2.24) is 0 Å². The summed E-state index contributed by atoms with van der Waals surface area (Å²) in [4.78, 5) is 10.9. The summed E-state index contributed by atoms with van der Waals surface area (Å²) in [7, 11) is 0. The lowest BCUT2D eigenvalue weighted by Crippen LogP contribution is -2.15. The third-order valence-corrected chi connectivity index (χ3v) is 1.88. The minimum Gasteiger partial charge on any atom is -0.320 e. The number of halogens is 4. The fourth-order valence-electron chi connectivity index (χ4n) is 1.10. The maximum absolute atomic E-state index is 13.3. The van der Waals surface area contributed by atoms with E-state index in [1.807, 2.05) is 0 Å². The minimum absolute atomic E-state index is 0.748. The molecule has 1 amide bonds. The number of hydrogen-bond acceptors (Lipinski definition) is 3. The molecule has 0 heterocycles. The van der Waals surface area contributed by atoms with Gasteiger partial charge in [0.05, 0.1) is 6.07 Å². The zero-order valence-corrected chi connectivity index (χ0v) is 8.52. The molecule has 0 aliphatic heterocycles. The maximum atomic E-state index is 13.3. The van der Waals surface area contributed by atoms with Crippen molar-refractivity contribution < 1.29 is 22.4 Å². The molecule has 0 atom stereocenters. The van der Waals surface area contributed by atoms with E-state index in [0.717, 1.165) is 6.07 Å². The van der Waals surface area contributed by atoms with Crippen LogP contribution in [0.1, 0.15) is 12.0 Å². The molecule has 1 N–H and O–H groups in total. The fraction of sp³-hybridized carbons (Fsp3) is 0.100. The number of amides is 1. The molecular formula is C10H3F4N3O. The Labute approximate surface area is 98.0 Å². The first-order valence-corrected chi connectivity index (χ1v) is 4.36. The van der Waals surface area contributed by atoms with E-state index in [1.54, 1.807) is 0 Å². The number of nitrogens with zero attached hydrogens (tertiary/aromatic N) is 2. The van der Waals surface area contributed by atoms with E-state index >= 15 is 0 Å². The highest BCUT2D eigenvalue weighted by molar-refractivity contribution is 5.92. The van der Waals surface area contributed by atoms with Crippen LogP contribution in [0.5, 0.6) is 0 Å². The molecule has 8 heteroatoms. The lowest BCUT2D eigenvalue weighted by molar-refractivity contribution is -0.115. The second kappa shape index (κ2) is 5.15. The Hall–Kier alpha value is -2.61. The molecule has 0 saturated heterocycles. The van der Waals surface area contributed by atoms with Crippen molar-refractivity contribution >= 4 is 11.6 Å². The number of nitriles is 2. The molecule has 0 aromatic heterocycles. The molecule has 18 heavy (non-hydrogen) atoms. The molecule has 0 radical (unpaired) electrons. The van der Waals surface area contributed by atoms with Crippen LogP contribution < -0.4 is 5.32 Å². The lowest BCUT2D eigenvalue weighted by atomic mass is 10.1. The van der Waals surface area contributed by atoms with Crippen LogP contribution in [0.3, 0.4) is 0 Å². The molecular weight excluding hydrogens is 254 g/mol. The molecule has 0 spiro atoms. The van der Waals surface area contributed by atoms with Gasteiger partial charge in [-0.25, -0.2) is 17.6 Å².